The lowest BCUT2D eigenvalue weighted by atomic mass is 10.1. The van der Waals surface area contributed by atoms with Gasteiger partial charge in [0.25, 0.3) is 5.91 Å². The van der Waals surface area contributed by atoms with Crippen molar-refractivity contribution in [3.8, 4) is 0 Å². The number of anilines is 1. The second-order valence-electron chi connectivity index (χ2n) is 4.73. The van der Waals surface area contributed by atoms with Crippen LogP contribution in [0.15, 0.2) is 24.3 Å². The highest BCUT2D eigenvalue weighted by atomic mass is 32.2. The Kier molecular flexibility index (Phi) is 7.01. The number of rotatable bonds is 7. The Morgan fingerprint density at radius 1 is 1.40 bits per heavy atom. The topological polar surface area (TPSA) is 92.6 Å². The third kappa shape index (κ3) is 4.79. The van der Waals surface area contributed by atoms with Gasteiger partial charge in [-0.25, -0.2) is 10.9 Å². The molecule has 112 valence electrons. The van der Waals surface area contributed by atoms with E-state index < -0.39 is 18.1 Å². The molecule has 1 aromatic rings. The van der Waals surface area contributed by atoms with E-state index in [9.17, 15) is 9.90 Å². The van der Waals surface area contributed by atoms with Crippen molar-refractivity contribution in [3.63, 3.8) is 0 Å². The molecular formula is C14H23N3O2S. The first-order valence-corrected chi connectivity index (χ1v) is 7.79. The van der Waals surface area contributed by atoms with Crippen molar-refractivity contribution in [1.82, 2.24) is 0 Å². The Morgan fingerprint density at radius 2 is 2.00 bits per heavy atom. The van der Waals surface area contributed by atoms with Gasteiger partial charge in [-0.15, -0.1) is 0 Å². The third-order valence-corrected chi connectivity index (χ3v) is 4.18. The number of nitrogens with two attached hydrogens (primary N) is 2. The number of nitrogens with zero attached hydrogens (tertiary/aromatic N) is 1. The zero-order chi connectivity index (χ0) is 15.1. The van der Waals surface area contributed by atoms with Crippen LogP contribution in [0.2, 0.25) is 0 Å². The summed E-state index contributed by atoms with van der Waals surface area (Å²) in [4.78, 5) is 12.1. The summed E-state index contributed by atoms with van der Waals surface area (Å²) in [6.07, 6.45) is -0.251. The second-order valence-corrected chi connectivity index (χ2v) is 5.88. The van der Waals surface area contributed by atoms with Gasteiger partial charge < -0.3 is 10.8 Å². The van der Waals surface area contributed by atoms with Crippen molar-refractivity contribution in [2.45, 2.75) is 32.4 Å². The molecule has 0 spiro atoms. The first-order valence-electron chi connectivity index (χ1n) is 6.64. The molecule has 6 heteroatoms. The van der Waals surface area contributed by atoms with Gasteiger partial charge in [-0.3, -0.25) is 4.79 Å². The first-order chi connectivity index (χ1) is 9.47. The number of amides is 1. The van der Waals surface area contributed by atoms with Crippen molar-refractivity contribution >= 4 is 23.4 Å². The zero-order valence-corrected chi connectivity index (χ0v) is 12.8. The number of carbonyl (C=O) groups is 1. The van der Waals surface area contributed by atoms with E-state index in [1.165, 1.54) is 0 Å². The third-order valence-electron chi connectivity index (χ3n) is 2.87. The van der Waals surface area contributed by atoms with Crippen LogP contribution in [0.1, 0.15) is 18.9 Å². The maximum atomic E-state index is 12.1. The Balaban J connectivity index is 2.61. The molecule has 1 rings (SSSR count). The Labute approximate surface area is 124 Å². The average molecular weight is 297 g/mol. The minimum Gasteiger partial charge on any atom is -0.382 e. The van der Waals surface area contributed by atoms with Crippen molar-refractivity contribution in [3.05, 3.63) is 29.8 Å². The summed E-state index contributed by atoms with van der Waals surface area (Å²) in [5.74, 6) is 6.65. The predicted octanol–water partition coefficient (Wildman–Crippen LogP) is 1.03. The number of hydrazine groups is 1. The molecule has 0 heterocycles. The number of benzene rings is 1. The summed E-state index contributed by atoms with van der Waals surface area (Å²) in [5.41, 5.74) is 7.43. The largest absolute Gasteiger partial charge is 0.382 e. The van der Waals surface area contributed by atoms with Crippen LogP contribution >= 0.6 is 11.8 Å². The summed E-state index contributed by atoms with van der Waals surface area (Å²) in [6.45, 7) is 4.02. The van der Waals surface area contributed by atoms with Crippen LogP contribution in [-0.4, -0.2) is 34.7 Å². The van der Waals surface area contributed by atoms with E-state index in [2.05, 4.69) is 6.92 Å². The summed E-state index contributed by atoms with van der Waals surface area (Å²) in [7, 11) is 0. The molecule has 1 amide bonds. The van der Waals surface area contributed by atoms with Gasteiger partial charge in [-0.05, 0) is 31.2 Å². The lowest BCUT2D eigenvalue weighted by Crippen LogP contribution is -2.52. The smallest absolute Gasteiger partial charge is 0.271 e. The minimum absolute atomic E-state index is 0.530. The summed E-state index contributed by atoms with van der Waals surface area (Å²) in [6, 6.07) is 6.56. The number of aliphatic hydroxyl groups is 1. The van der Waals surface area contributed by atoms with E-state index in [0.29, 0.717) is 11.4 Å². The standard InChI is InChI=1S/C14H23N3O2S/c1-3-8-20-9-12(15)13(18)14(19)17(16)11-6-4-10(2)5-7-11/h4-7,12-13,18H,3,8-9,15-16H2,1-2H3/t12-,13?/m1/s1. The zero-order valence-electron chi connectivity index (χ0n) is 12.0. The molecule has 1 aromatic carbocycles. The van der Waals surface area contributed by atoms with Gasteiger partial charge in [0.15, 0.2) is 6.10 Å². The van der Waals surface area contributed by atoms with Gasteiger partial charge in [0.05, 0.1) is 5.69 Å². The lowest BCUT2D eigenvalue weighted by molar-refractivity contribution is -0.127. The van der Waals surface area contributed by atoms with Crippen LogP contribution in [0, 0.1) is 6.92 Å². The number of aryl methyl sites for hydroxylation is 1. The molecule has 1 unspecified atom stereocenters. The molecule has 0 aliphatic carbocycles. The maximum absolute atomic E-state index is 12.1. The fourth-order valence-corrected chi connectivity index (χ4v) is 2.52. The molecule has 0 aliphatic heterocycles. The van der Waals surface area contributed by atoms with Gasteiger partial charge >= 0.3 is 0 Å². The molecule has 0 radical (unpaired) electrons. The molecule has 5 nitrogen and oxygen atoms in total. The molecule has 0 bridgehead atoms. The molecule has 0 fully saturated rings. The normalized spacial score (nSPS) is 13.8. The number of hydrogen-bond donors (Lipinski definition) is 3. The van der Waals surface area contributed by atoms with E-state index in [-0.39, 0.29) is 0 Å². The Hall–Kier alpha value is -1.08. The predicted molar refractivity (Wildman–Crippen MR) is 84.5 cm³/mol. The molecule has 20 heavy (non-hydrogen) atoms. The molecule has 0 aromatic heterocycles. The highest BCUT2D eigenvalue weighted by molar-refractivity contribution is 7.99. The minimum atomic E-state index is -1.29. The number of carbonyl (C=O) groups excluding carboxylic acids is 1. The van der Waals surface area contributed by atoms with E-state index in [1.54, 1.807) is 23.9 Å². The summed E-state index contributed by atoms with van der Waals surface area (Å²) >= 11 is 1.62. The van der Waals surface area contributed by atoms with Crippen molar-refractivity contribution in [1.29, 1.82) is 0 Å². The SMILES string of the molecule is CCCSC[C@@H](N)C(O)C(=O)N(N)c1ccc(C)cc1. The van der Waals surface area contributed by atoms with E-state index in [4.69, 9.17) is 11.6 Å². The lowest BCUT2D eigenvalue weighted by Gasteiger charge is -2.23. The average Bonchev–Trinajstić information content (AvgIpc) is 2.46. The summed E-state index contributed by atoms with van der Waals surface area (Å²) in [5, 5.41) is 10.9. The molecule has 0 saturated carbocycles. The summed E-state index contributed by atoms with van der Waals surface area (Å²) < 4.78 is 0. The monoisotopic (exact) mass is 297 g/mol. The molecule has 2 atom stereocenters. The Morgan fingerprint density at radius 3 is 2.55 bits per heavy atom. The van der Waals surface area contributed by atoms with Crippen LogP contribution in [0.25, 0.3) is 0 Å². The fourth-order valence-electron chi connectivity index (χ4n) is 1.61. The van der Waals surface area contributed by atoms with E-state index in [1.807, 2.05) is 19.1 Å². The van der Waals surface area contributed by atoms with Crippen LogP contribution in [0.4, 0.5) is 5.69 Å². The maximum Gasteiger partial charge on any atom is 0.271 e. The van der Waals surface area contributed by atoms with Crippen molar-refractivity contribution in [2.75, 3.05) is 16.5 Å². The number of aliphatic hydroxyl groups excluding tert-OH is 1. The van der Waals surface area contributed by atoms with Gasteiger partial charge in [0, 0.05) is 11.8 Å². The van der Waals surface area contributed by atoms with E-state index in [0.717, 1.165) is 22.7 Å². The Bertz CT molecular complexity index is 425. The second kappa shape index (κ2) is 8.26. The molecule has 0 saturated heterocycles. The van der Waals surface area contributed by atoms with Crippen LogP contribution in [-0.2, 0) is 4.79 Å². The van der Waals surface area contributed by atoms with Crippen LogP contribution in [0.3, 0.4) is 0 Å². The molecule has 5 N–H and O–H groups in total. The number of hydrogen-bond acceptors (Lipinski definition) is 5. The van der Waals surface area contributed by atoms with E-state index >= 15 is 0 Å². The fraction of sp³-hybridized carbons (Fsp3) is 0.500. The van der Waals surface area contributed by atoms with Crippen LogP contribution < -0.4 is 16.6 Å². The molecular weight excluding hydrogens is 274 g/mol. The first kappa shape index (κ1) is 17.0. The van der Waals surface area contributed by atoms with Gasteiger partial charge in [-0.1, -0.05) is 24.6 Å². The van der Waals surface area contributed by atoms with Gasteiger partial charge in [0.2, 0.25) is 0 Å². The highest BCUT2D eigenvalue weighted by Crippen LogP contribution is 2.14. The van der Waals surface area contributed by atoms with Crippen LogP contribution in [0.5, 0.6) is 0 Å². The quantitative estimate of drug-likeness (QED) is 0.302. The van der Waals surface area contributed by atoms with Gasteiger partial charge in [0.1, 0.15) is 0 Å². The highest BCUT2D eigenvalue weighted by Gasteiger charge is 2.27. The number of thioether (sulfide) groups is 1. The molecule has 0 aliphatic rings. The van der Waals surface area contributed by atoms with Crippen molar-refractivity contribution in [2.24, 2.45) is 11.6 Å². The van der Waals surface area contributed by atoms with Gasteiger partial charge in [-0.2, -0.15) is 11.8 Å². The van der Waals surface area contributed by atoms with Crippen molar-refractivity contribution < 1.29 is 9.90 Å².